The second-order valence-corrected chi connectivity index (χ2v) is 6.61. The molecule has 2 nitrogen and oxygen atoms in total. The van der Waals surface area contributed by atoms with Gasteiger partial charge >= 0.3 is 0 Å². The van der Waals surface area contributed by atoms with Gasteiger partial charge in [0, 0.05) is 12.0 Å². The van der Waals surface area contributed by atoms with Gasteiger partial charge in [-0.05, 0) is 17.3 Å². The third-order valence-electron chi connectivity index (χ3n) is 4.29. The van der Waals surface area contributed by atoms with Crippen LogP contribution in [0.4, 0.5) is 0 Å². The van der Waals surface area contributed by atoms with E-state index < -0.39 is 0 Å². The smallest absolute Gasteiger partial charge is 0.226 e. The minimum absolute atomic E-state index is 0.00589. The molecule has 0 aromatic heterocycles. The van der Waals surface area contributed by atoms with Crippen molar-refractivity contribution in [1.29, 1.82) is 0 Å². The van der Waals surface area contributed by atoms with Crippen LogP contribution in [-0.4, -0.2) is 12.5 Å². The molecule has 0 aliphatic carbocycles. The van der Waals surface area contributed by atoms with Crippen LogP contribution >= 0.6 is 0 Å². The van der Waals surface area contributed by atoms with Crippen molar-refractivity contribution in [2.45, 2.75) is 55.4 Å². The maximum atomic E-state index is 12.2. The third-order valence-corrected chi connectivity index (χ3v) is 4.29. The molecule has 0 aromatic rings. The molecule has 0 radical (unpaired) electrons. The van der Waals surface area contributed by atoms with E-state index in [2.05, 4.69) is 46.9 Å². The molecule has 2 heteroatoms. The quantitative estimate of drug-likeness (QED) is 0.765. The number of hydrogen-bond donors (Lipinski definition) is 1. The lowest BCUT2D eigenvalue weighted by Gasteiger charge is -2.43. The zero-order valence-electron chi connectivity index (χ0n) is 12.3. The second kappa shape index (κ2) is 5.20. The highest BCUT2D eigenvalue weighted by molar-refractivity contribution is 5.82. The normalized spacial score (nSPS) is 13.4. The number of nitrogens with one attached hydrogen (secondary N) is 1. The van der Waals surface area contributed by atoms with Crippen LogP contribution in [0, 0.1) is 22.7 Å². The molecule has 1 amide bonds. The van der Waals surface area contributed by atoms with E-state index in [4.69, 9.17) is 0 Å². The summed E-state index contributed by atoms with van der Waals surface area (Å²) in [5.74, 6) is 1.15. The van der Waals surface area contributed by atoms with Crippen molar-refractivity contribution in [3.8, 4) is 0 Å². The Kier molecular flexibility index (Phi) is 5.03. The van der Waals surface area contributed by atoms with Gasteiger partial charge in [-0.2, -0.15) is 0 Å². The predicted molar refractivity (Wildman–Crippen MR) is 70.2 cm³/mol. The Bertz CT molecular complexity index is 239. The van der Waals surface area contributed by atoms with Crippen molar-refractivity contribution < 1.29 is 4.79 Å². The van der Waals surface area contributed by atoms with Gasteiger partial charge in [-0.15, -0.1) is 0 Å². The summed E-state index contributed by atoms with van der Waals surface area (Å²) in [6.45, 7) is 17.8. The van der Waals surface area contributed by atoms with E-state index in [9.17, 15) is 4.79 Å². The van der Waals surface area contributed by atoms with E-state index in [0.717, 1.165) is 6.54 Å². The zero-order valence-corrected chi connectivity index (χ0v) is 12.3. The van der Waals surface area contributed by atoms with Crippen LogP contribution in [-0.2, 0) is 4.79 Å². The average Bonchev–Trinajstić information content (AvgIpc) is 2.13. The number of hydrogen-bond acceptors (Lipinski definition) is 1. The summed E-state index contributed by atoms with van der Waals surface area (Å²) in [4.78, 5) is 12.2. The standard InChI is InChI=1S/C14H29NO/c1-10(2)9-15-12(16)14(7,8)13(5,6)11(3)4/h10-11H,9H2,1-8H3,(H,15,16). The van der Waals surface area contributed by atoms with E-state index in [1.165, 1.54) is 0 Å². The molecule has 0 rings (SSSR count). The maximum Gasteiger partial charge on any atom is 0.226 e. The highest BCUT2D eigenvalue weighted by Gasteiger charge is 2.44. The minimum atomic E-state index is -0.337. The lowest BCUT2D eigenvalue weighted by molar-refractivity contribution is -0.137. The van der Waals surface area contributed by atoms with Crippen molar-refractivity contribution >= 4 is 5.91 Å². The Morgan fingerprint density at radius 3 is 1.81 bits per heavy atom. The first kappa shape index (κ1) is 15.5. The fourth-order valence-electron chi connectivity index (χ4n) is 1.53. The summed E-state index contributed by atoms with van der Waals surface area (Å²) >= 11 is 0. The van der Waals surface area contributed by atoms with E-state index >= 15 is 0 Å². The molecule has 0 unspecified atom stereocenters. The number of carbonyl (C=O) groups is 1. The Labute approximate surface area is 101 Å². The summed E-state index contributed by atoms with van der Waals surface area (Å²) in [6.07, 6.45) is 0. The van der Waals surface area contributed by atoms with Gasteiger partial charge in [-0.3, -0.25) is 4.79 Å². The molecular weight excluding hydrogens is 198 g/mol. The molecule has 0 saturated heterocycles. The highest BCUT2D eigenvalue weighted by Crippen LogP contribution is 2.44. The molecule has 0 saturated carbocycles. The molecule has 0 fully saturated rings. The monoisotopic (exact) mass is 227 g/mol. The first-order valence-electron chi connectivity index (χ1n) is 6.31. The molecule has 96 valence electrons. The maximum absolute atomic E-state index is 12.2. The summed E-state index contributed by atoms with van der Waals surface area (Å²) in [7, 11) is 0. The van der Waals surface area contributed by atoms with Crippen molar-refractivity contribution in [3.05, 3.63) is 0 Å². The van der Waals surface area contributed by atoms with Crippen LogP contribution in [0.2, 0.25) is 0 Å². The molecule has 0 heterocycles. The fraction of sp³-hybridized carbons (Fsp3) is 0.929. The first-order valence-corrected chi connectivity index (χ1v) is 6.31. The SMILES string of the molecule is CC(C)CNC(=O)C(C)(C)C(C)(C)C(C)C. The molecule has 0 atom stereocenters. The van der Waals surface area contributed by atoms with Crippen molar-refractivity contribution in [3.63, 3.8) is 0 Å². The number of rotatable bonds is 5. The molecule has 0 aliphatic heterocycles. The highest BCUT2D eigenvalue weighted by atomic mass is 16.2. The third kappa shape index (κ3) is 3.23. The van der Waals surface area contributed by atoms with Gasteiger partial charge in [0.15, 0.2) is 0 Å². The fourth-order valence-corrected chi connectivity index (χ4v) is 1.53. The number of carbonyl (C=O) groups excluding carboxylic acids is 1. The van der Waals surface area contributed by atoms with E-state index in [1.807, 2.05) is 13.8 Å². The van der Waals surface area contributed by atoms with Gasteiger partial charge in [0.1, 0.15) is 0 Å². The zero-order chi connectivity index (χ0) is 13.1. The van der Waals surface area contributed by atoms with Crippen LogP contribution in [0.25, 0.3) is 0 Å². The lowest BCUT2D eigenvalue weighted by atomic mass is 9.61. The second-order valence-electron chi connectivity index (χ2n) is 6.61. The van der Waals surface area contributed by atoms with Crippen LogP contribution in [0.15, 0.2) is 0 Å². The van der Waals surface area contributed by atoms with Crippen LogP contribution < -0.4 is 5.32 Å². The summed E-state index contributed by atoms with van der Waals surface area (Å²) in [5.41, 5.74) is -0.343. The van der Waals surface area contributed by atoms with Crippen molar-refractivity contribution in [1.82, 2.24) is 5.32 Å². The van der Waals surface area contributed by atoms with Gasteiger partial charge in [0.05, 0.1) is 0 Å². The Morgan fingerprint density at radius 2 is 1.50 bits per heavy atom. The number of amides is 1. The van der Waals surface area contributed by atoms with Crippen molar-refractivity contribution in [2.75, 3.05) is 6.54 Å². The summed E-state index contributed by atoms with van der Waals surface area (Å²) in [5, 5.41) is 3.04. The minimum Gasteiger partial charge on any atom is -0.355 e. The topological polar surface area (TPSA) is 29.1 Å². The van der Waals surface area contributed by atoms with E-state index in [-0.39, 0.29) is 16.7 Å². The summed E-state index contributed by atoms with van der Waals surface area (Å²) < 4.78 is 0. The molecule has 0 aromatic carbocycles. The van der Waals surface area contributed by atoms with E-state index in [0.29, 0.717) is 11.8 Å². The van der Waals surface area contributed by atoms with E-state index in [1.54, 1.807) is 0 Å². The summed E-state index contributed by atoms with van der Waals surface area (Å²) in [6, 6.07) is 0. The Morgan fingerprint density at radius 1 is 1.06 bits per heavy atom. The first-order chi connectivity index (χ1) is 7.03. The van der Waals surface area contributed by atoms with Gasteiger partial charge in [0.2, 0.25) is 5.91 Å². The van der Waals surface area contributed by atoms with Crippen LogP contribution in [0.1, 0.15) is 55.4 Å². The molecule has 0 aliphatic rings. The van der Waals surface area contributed by atoms with Gasteiger partial charge < -0.3 is 5.32 Å². The van der Waals surface area contributed by atoms with Gasteiger partial charge in [-0.1, -0.05) is 55.4 Å². The Hall–Kier alpha value is -0.530. The lowest BCUT2D eigenvalue weighted by Crippen LogP contribution is -2.49. The average molecular weight is 227 g/mol. The molecule has 1 N–H and O–H groups in total. The van der Waals surface area contributed by atoms with Gasteiger partial charge in [-0.25, -0.2) is 0 Å². The van der Waals surface area contributed by atoms with Gasteiger partial charge in [0.25, 0.3) is 0 Å². The largest absolute Gasteiger partial charge is 0.355 e. The van der Waals surface area contributed by atoms with Crippen LogP contribution in [0.5, 0.6) is 0 Å². The molecule has 16 heavy (non-hydrogen) atoms. The van der Waals surface area contributed by atoms with Crippen molar-refractivity contribution in [2.24, 2.45) is 22.7 Å². The Balaban J connectivity index is 4.71. The molecule has 0 bridgehead atoms. The molecule has 0 spiro atoms. The molecular formula is C14H29NO. The predicted octanol–water partition coefficient (Wildman–Crippen LogP) is 3.47. The van der Waals surface area contributed by atoms with Crippen LogP contribution in [0.3, 0.4) is 0 Å².